The number of fused-ring (bicyclic) bond motifs is 1. The van der Waals surface area contributed by atoms with Crippen LogP contribution in [0.4, 0.5) is 5.69 Å². The number of hydrogen-bond acceptors (Lipinski definition) is 3. The van der Waals surface area contributed by atoms with E-state index in [1.807, 2.05) is 25.1 Å². The maximum absolute atomic E-state index is 11.3. The van der Waals surface area contributed by atoms with Crippen LogP contribution in [0, 0.1) is 0 Å². The lowest BCUT2D eigenvalue weighted by molar-refractivity contribution is -0.120. The molecule has 0 saturated carbocycles. The Morgan fingerprint density at radius 2 is 2.18 bits per heavy atom. The van der Waals surface area contributed by atoms with Crippen LogP contribution in [-0.2, 0) is 11.2 Å². The molecule has 1 aromatic carbocycles. The third-order valence-electron chi connectivity index (χ3n) is 3.38. The normalized spacial score (nSPS) is 10.5. The summed E-state index contributed by atoms with van der Waals surface area (Å²) in [7, 11) is 1.65. The number of thiocarbonyl (C=S) groups is 1. The zero-order chi connectivity index (χ0) is 15.9. The van der Waals surface area contributed by atoms with Crippen molar-refractivity contribution in [3.05, 3.63) is 30.0 Å². The van der Waals surface area contributed by atoms with Gasteiger partial charge in [-0.3, -0.25) is 4.79 Å². The van der Waals surface area contributed by atoms with Gasteiger partial charge in [0.15, 0.2) is 5.11 Å². The van der Waals surface area contributed by atoms with Gasteiger partial charge in [0, 0.05) is 31.1 Å². The largest absolute Gasteiger partial charge is 0.464 e. The minimum absolute atomic E-state index is 0.0612. The van der Waals surface area contributed by atoms with Gasteiger partial charge >= 0.3 is 0 Å². The van der Waals surface area contributed by atoms with Crippen molar-refractivity contribution in [2.24, 2.45) is 0 Å². The van der Waals surface area contributed by atoms with Crippen molar-refractivity contribution < 1.29 is 9.21 Å². The molecule has 5 nitrogen and oxygen atoms in total. The Bertz CT molecular complexity index is 666. The highest BCUT2D eigenvalue weighted by Gasteiger charge is 2.08. The number of nitrogens with one attached hydrogen (secondary N) is 3. The van der Waals surface area contributed by atoms with E-state index in [0.717, 1.165) is 41.6 Å². The van der Waals surface area contributed by atoms with Crippen LogP contribution in [0.15, 0.2) is 28.9 Å². The van der Waals surface area contributed by atoms with Gasteiger partial charge in [0.2, 0.25) is 5.91 Å². The molecule has 2 rings (SSSR count). The molecule has 0 spiro atoms. The van der Waals surface area contributed by atoms with E-state index in [1.54, 1.807) is 13.3 Å². The Labute approximate surface area is 135 Å². The summed E-state index contributed by atoms with van der Waals surface area (Å²) in [6, 6.07) is 5.88. The van der Waals surface area contributed by atoms with Crippen molar-refractivity contribution in [3.8, 4) is 0 Å². The fourth-order valence-electron chi connectivity index (χ4n) is 2.25. The molecule has 6 heteroatoms. The van der Waals surface area contributed by atoms with Gasteiger partial charge in [-0.25, -0.2) is 0 Å². The molecule has 1 aromatic heterocycles. The van der Waals surface area contributed by atoms with Crippen LogP contribution in [0.3, 0.4) is 0 Å². The second-order valence-corrected chi connectivity index (χ2v) is 5.39. The third-order valence-corrected chi connectivity index (χ3v) is 3.62. The summed E-state index contributed by atoms with van der Waals surface area (Å²) in [5.41, 5.74) is 2.87. The van der Waals surface area contributed by atoms with Gasteiger partial charge < -0.3 is 20.4 Å². The number of carbonyl (C=O) groups excluding carboxylic acids is 1. The standard InChI is InChI=1S/C16H21N3O2S/c1-3-18-16(22)19-12-7-8-14-13(9-12)11(10-21-14)5-4-6-15(20)17-2/h7-10H,3-6H2,1-2H3,(H,17,20)(H2,18,19,22). The van der Waals surface area contributed by atoms with Gasteiger partial charge in [0.25, 0.3) is 0 Å². The van der Waals surface area contributed by atoms with Crippen molar-refractivity contribution >= 4 is 39.9 Å². The molecule has 0 fully saturated rings. The minimum atomic E-state index is 0.0612. The van der Waals surface area contributed by atoms with Crippen LogP contribution in [-0.4, -0.2) is 24.6 Å². The summed E-state index contributed by atoms with van der Waals surface area (Å²) in [6.45, 7) is 2.78. The van der Waals surface area contributed by atoms with Gasteiger partial charge in [0.05, 0.1) is 6.26 Å². The first-order chi connectivity index (χ1) is 10.6. The molecule has 0 atom stereocenters. The fraction of sp³-hybridized carbons (Fsp3) is 0.375. The van der Waals surface area contributed by atoms with Gasteiger partial charge in [-0.2, -0.15) is 0 Å². The SMILES string of the molecule is CCNC(=S)Nc1ccc2occ(CCCC(=O)NC)c2c1. The summed E-state index contributed by atoms with van der Waals surface area (Å²) >= 11 is 5.19. The molecular formula is C16H21N3O2S. The highest BCUT2D eigenvalue weighted by atomic mass is 32.1. The maximum atomic E-state index is 11.3. The summed E-state index contributed by atoms with van der Waals surface area (Å²) in [4.78, 5) is 11.3. The van der Waals surface area contributed by atoms with Crippen molar-refractivity contribution in [3.63, 3.8) is 0 Å². The average Bonchev–Trinajstić information content (AvgIpc) is 2.90. The van der Waals surface area contributed by atoms with E-state index in [4.69, 9.17) is 16.6 Å². The Morgan fingerprint density at radius 3 is 2.91 bits per heavy atom. The van der Waals surface area contributed by atoms with Crippen LogP contribution in [0.1, 0.15) is 25.3 Å². The lowest BCUT2D eigenvalue weighted by Gasteiger charge is -2.08. The van der Waals surface area contributed by atoms with Gasteiger partial charge in [-0.05, 0) is 55.7 Å². The summed E-state index contributed by atoms with van der Waals surface area (Å²) in [5.74, 6) is 0.0612. The van der Waals surface area contributed by atoms with Crippen LogP contribution >= 0.6 is 12.2 Å². The molecule has 1 amide bonds. The number of rotatable bonds is 6. The summed E-state index contributed by atoms with van der Waals surface area (Å²) in [6.07, 6.45) is 3.88. The highest BCUT2D eigenvalue weighted by molar-refractivity contribution is 7.80. The summed E-state index contributed by atoms with van der Waals surface area (Å²) in [5, 5.41) is 10.5. The summed E-state index contributed by atoms with van der Waals surface area (Å²) < 4.78 is 5.56. The van der Waals surface area contributed by atoms with E-state index >= 15 is 0 Å². The number of anilines is 1. The first kappa shape index (κ1) is 16.3. The van der Waals surface area contributed by atoms with Crippen molar-refractivity contribution in [1.82, 2.24) is 10.6 Å². The average molecular weight is 319 g/mol. The first-order valence-corrected chi connectivity index (χ1v) is 7.80. The molecule has 1 heterocycles. The lowest BCUT2D eigenvalue weighted by Crippen LogP contribution is -2.27. The molecule has 0 radical (unpaired) electrons. The minimum Gasteiger partial charge on any atom is -0.464 e. The maximum Gasteiger partial charge on any atom is 0.219 e. The molecule has 0 aliphatic rings. The molecule has 118 valence electrons. The molecule has 0 aliphatic heterocycles. The quantitative estimate of drug-likeness (QED) is 0.715. The topological polar surface area (TPSA) is 66.3 Å². The Kier molecular flexibility index (Phi) is 5.77. The molecule has 0 saturated heterocycles. The zero-order valence-electron chi connectivity index (χ0n) is 12.9. The van der Waals surface area contributed by atoms with Crippen LogP contribution in [0.25, 0.3) is 11.0 Å². The Morgan fingerprint density at radius 1 is 1.36 bits per heavy atom. The number of carbonyl (C=O) groups is 1. The van der Waals surface area contributed by atoms with Crippen molar-refractivity contribution in [1.29, 1.82) is 0 Å². The van der Waals surface area contributed by atoms with E-state index in [0.29, 0.717) is 11.5 Å². The zero-order valence-corrected chi connectivity index (χ0v) is 13.7. The van der Waals surface area contributed by atoms with Gasteiger partial charge in [-0.1, -0.05) is 0 Å². The molecule has 22 heavy (non-hydrogen) atoms. The first-order valence-electron chi connectivity index (χ1n) is 7.39. The molecule has 3 N–H and O–H groups in total. The Hall–Kier alpha value is -2.08. The van der Waals surface area contributed by atoms with Gasteiger partial charge in [-0.15, -0.1) is 0 Å². The highest BCUT2D eigenvalue weighted by Crippen LogP contribution is 2.26. The van der Waals surface area contributed by atoms with Crippen LogP contribution in [0.5, 0.6) is 0 Å². The van der Waals surface area contributed by atoms with E-state index in [1.165, 1.54) is 0 Å². The number of amides is 1. The predicted octanol–water partition coefficient (Wildman–Crippen LogP) is 2.81. The van der Waals surface area contributed by atoms with Crippen LogP contribution < -0.4 is 16.0 Å². The third kappa shape index (κ3) is 4.21. The fourth-order valence-corrected chi connectivity index (χ4v) is 2.52. The molecule has 0 bridgehead atoms. The van der Waals surface area contributed by atoms with Crippen molar-refractivity contribution in [2.45, 2.75) is 26.2 Å². The Balaban J connectivity index is 2.08. The van der Waals surface area contributed by atoms with Gasteiger partial charge in [0.1, 0.15) is 5.58 Å². The van der Waals surface area contributed by atoms with Crippen molar-refractivity contribution in [2.75, 3.05) is 18.9 Å². The predicted molar refractivity (Wildman–Crippen MR) is 93.1 cm³/mol. The van der Waals surface area contributed by atoms with E-state index in [-0.39, 0.29) is 5.91 Å². The van der Waals surface area contributed by atoms with E-state index < -0.39 is 0 Å². The molecular weight excluding hydrogens is 298 g/mol. The number of furan rings is 1. The molecule has 0 unspecified atom stereocenters. The second kappa shape index (κ2) is 7.79. The number of hydrogen-bond donors (Lipinski definition) is 3. The number of benzene rings is 1. The number of aryl methyl sites for hydroxylation is 1. The molecule has 0 aliphatic carbocycles. The molecule has 2 aromatic rings. The smallest absolute Gasteiger partial charge is 0.219 e. The van der Waals surface area contributed by atoms with E-state index in [2.05, 4.69) is 16.0 Å². The van der Waals surface area contributed by atoms with E-state index in [9.17, 15) is 4.79 Å². The van der Waals surface area contributed by atoms with Crippen LogP contribution in [0.2, 0.25) is 0 Å². The second-order valence-electron chi connectivity index (χ2n) is 4.98. The monoisotopic (exact) mass is 319 g/mol. The lowest BCUT2D eigenvalue weighted by atomic mass is 10.1.